The van der Waals surface area contributed by atoms with Crippen LogP contribution in [-0.4, -0.2) is 23.1 Å². The standard InChI is InChI=1S/C14H18N4/c1-3-18(4-2)14-16-12(10-13(15)17-14)11-8-6-5-7-9-11/h5-10H,3-4H2,1-2H3,(H2,15,16,17). The summed E-state index contributed by atoms with van der Waals surface area (Å²) in [6, 6.07) is 11.8. The molecule has 2 aromatic rings. The highest BCUT2D eigenvalue weighted by Gasteiger charge is 2.09. The van der Waals surface area contributed by atoms with Crippen LogP contribution in [0.3, 0.4) is 0 Å². The van der Waals surface area contributed by atoms with Gasteiger partial charge in [-0.25, -0.2) is 4.98 Å². The molecule has 0 aliphatic rings. The largest absolute Gasteiger partial charge is 0.384 e. The number of nitrogens with zero attached hydrogens (tertiary/aromatic N) is 3. The van der Waals surface area contributed by atoms with Crippen molar-refractivity contribution >= 4 is 11.8 Å². The van der Waals surface area contributed by atoms with Gasteiger partial charge in [-0.3, -0.25) is 0 Å². The van der Waals surface area contributed by atoms with Gasteiger partial charge in [-0.1, -0.05) is 30.3 Å². The van der Waals surface area contributed by atoms with Gasteiger partial charge in [0, 0.05) is 24.7 Å². The molecular formula is C14H18N4. The third kappa shape index (κ3) is 2.59. The summed E-state index contributed by atoms with van der Waals surface area (Å²) in [5.74, 6) is 1.20. The van der Waals surface area contributed by atoms with E-state index < -0.39 is 0 Å². The molecule has 0 saturated carbocycles. The predicted molar refractivity (Wildman–Crippen MR) is 75.4 cm³/mol. The smallest absolute Gasteiger partial charge is 0.227 e. The summed E-state index contributed by atoms with van der Waals surface area (Å²) >= 11 is 0. The van der Waals surface area contributed by atoms with Gasteiger partial charge < -0.3 is 10.6 Å². The number of rotatable bonds is 4. The Labute approximate surface area is 107 Å². The average molecular weight is 242 g/mol. The topological polar surface area (TPSA) is 55.0 Å². The van der Waals surface area contributed by atoms with E-state index in [0.29, 0.717) is 11.8 Å². The number of nitrogen functional groups attached to an aromatic ring is 1. The van der Waals surface area contributed by atoms with E-state index in [1.165, 1.54) is 0 Å². The lowest BCUT2D eigenvalue weighted by molar-refractivity contribution is 0.824. The van der Waals surface area contributed by atoms with Gasteiger partial charge in [-0.2, -0.15) is 4.98 Å². The van der Waals surface area contributed by atoms with Gasteiger partial charge in [0.1, 0.15) is 5.82 Å². The molecule has 0 unspecified atom stereocenters. The van der Waals surface area contributed by atoms with E-state index in [-0.39, 0.29) is 0 Å². The van der Waals surface area contributed by atoms with E-state index in [2.05, 4.69) is 28.7 Å². The quantitative estimate of drug-likeness (QED) is 0.895. The molecule has 0 amide bonds. The normalized spacial score (nSPS) is 10.3. The van der Waals surface area contributed by atoms with E-state index in [9.17, 15) is 0 Å². The van der Waals surface area contributed by atoms with Crippen molar-refractivity contribution in [3.8, 4) is 11.3 Å². The lowest BCUT2D eigenvalue weighted by atomic mass is 10.1. The first-order valence-electron chi connectivity index (χ1n) is 6.19. The molecular weight excluding hydrogens is 224 g/mol. The van der Waals surface area contributed by atoms with Gasteiger partial charge in [0.05, 0.1) is 5.69 Å². The molecule has 1 aromatic carbocycles. The Kier molecular flexibility index (Phi) is 3.77. The van der Waals surface area contributed by atoms with Gasteiger partial charge in [0.15, 0.2) is 0 Å². The van der Waals surface area contributed by atoms with Crippen LogP contribution in [0.5, 0.6) is 0 Å². The highest BCUT2D eigenvalue weighted by molar-refractivity contribution is 5.63. The maximum atomic E-state index is 5.87. The first-order valence-corrected chi connectivity index (χ1v) is 6.19. The molecule has 1 heterocycles. The average Bonchev–Trinajstić information content (AvgIpc) is 2.40. The fourth-order valence-corrected chi connectivity index (χ4v) is 1.86. The summed E-state index contributed by atoms with van der Waals surface area (Å²) < 4.78 is 0. The third-order valence-electron chi connectivity index (χ3n) is 2.85. The molecule has 0 aliphatic carbocycles. The fraction of sp³-hybridized carbons (Fsp3) is 0.286. The molecule has 0 radical (unpaired) electrons. The van der Waals surface area contributed by atoms with E-state index in [1.807, 2.05) is 36.4 Å². The number of aromatic nitrogens is 2. The van der Waals surface area contributed by atoms with Crippen LogP contribution in [-0.2, 0) is 0 Å². The summed E-state index contributed by atoms with van der Waals surface area (Å²) in [5.41, 5.74) is 7.79. The van der Waals surface area contributed by atoms with Crippen LogP contribution in [0.25, 0.3) is 11.3 Å². The van der Waals surface area contributed by atoms with Crippen LogP contribution in [0.15, 0.2) is 36.4 Å². The molecule has 4 heteroatoms. The Morgan fingerprint density at radius 3 is 2.33 bits per heavy atom. The van der Waals surface area contributed by atoms with Gasteiger partial charge in [0.2, 0.25) is 5.95 Å². The van der Waals surface area contributed by atoms with Gasteiger partial charge >= 0.3 is 0 Å². The molecule has 0 saturated heterocycles. The third-order valence-corrected chi connectivity index (χ3v) is 2.85. The molecule has 4 nitrogen and oxygen atoms in total. The minimum Gasteiger partial charge on any atom is -0.384 e. The van der Waals surface area contributed by atoms with Crippen molar-refractivity contribution in [1.29, 1.82) is 0 Å². The molecule has 0 atom stereocenters. The lowest BCUT2D eigenvalue weighted by Crippen LogP contribution is -2.24. The Balaban J connectivity index is 2.44. The monoisotopic (exact) mass is 242 g/mol. The van der Waals surface area contributed by atoms with Crippen LogP contribution in [0.4, 0.5) is 11.8 Å². The van der Waals surface area contributed by atoms with Crippen molar-refractivity contribution in [2.45, 2.75) is 13.8 Å². The van der Waals surface area contributed by atoms with Crippen LogP contribution in [0.1, 0.15) is 13.8 Å². The molecule has 0 bridgehead atoms. The summed E-state index contributed by atoms with van der Waals surface area (Å²) in [4.78, 5) is 11.0. The Hall–Kier alpha value is -2.10. The molecule has 0 aliphatic heterocycles. The molecule has 0 spiro atoms. The molecule has 0 fully saturated rings. The van der Waals surface area contributed by atoms with Crippen molar-refractivity contribution < 1.29 is 0 Å². The van der Waals surface area contributed by atoms with Crippen molar-refractivity contribution in [3.63, 3.8) is 0 Å². The predicted octanol–water partition coefficient (Wildman–Crippen LogP) is 2.57. The summed E-state index contributed by atoms with van der Waals surface area (Å²) in [6.07, 6.45) is 0. The highest BCUT2D eigenvalue weighted by atomic mass is 15.2. The van der Waals surface area contributed by atoms with Gasteiger partial charge in [-0.15, -0.1) is 0 Å². The number of nitrogens with two attached hydrogens (primary N) is 1. The van der Waals surface area contributed by atoms with Crippen molar-refractivity contribution in [3.05, 3.63) is 36.4 Å². The molecule has 18 heavy (non-hydrogen) atoms. The SMILES string of the molecule is CCN(CC)c1nc(N)cc(-c2ccccc2)n1. The zero-order chi connectivity index (χ0) is 13.0. The Morgan fingerprint density at radius 2 is 1.72 bits per heavy atom. The molecule has 94 valence electrons. The van der Waals surface area contributed by atoms with Gasteiger partial charge in [0.25, 0.3) is 0 Å². The molecule has 1 aromatic heterocycles. The fourth-order valence-electron chi connectivity index (χ4n) is 1.86. The van der Waals surface area contributed by atoms with Crippen molar-refractivity contribution in [2.75, 3.05) is 23.7 Å². The second-order valence-corrected chi connectivity index (χ2v) is 4.02. The van der Waals surface area contributed by atoms with E-state index in [4.69, 9.17) is 5.73 Å². The summed E-state index contributed by atoms with van der Waals surface area (Å²) in [7, 11) is 0. The molecule has 2 N–H and O–H groups in total. The molecule has 2 rings (SSSR count). The highest BCUT2D eigenvalue weighted by Crippen LogP contribution is 2.21. The minimum atomic E-state index is 0.505. The number of anilines is 2. The zero-order valence-corrected chi connectivity index (χ0v) is 10.8. The van der Waals surface area contributed by atoms with Crippen molar-refractivity contribution in [1.82, 2.24) is 9.97 Å². The maximum absolute atomic E-state index is 5.87. The first-order chi connectivity index (χ1) is 8.74. The van der Waals surface area contributed by atoms with Crippen molar-refractivity contribution in [2.24, 2.45) is 0 Å². The van der Waals surface area contributed by atoms with Crippen LogP contribution in [0, 0.1) is 0 Å². The number of benzene rings is 1. The van der Waals surface area contributed by atoms with Gasteiger partial charge in [-0.05, 0) is 13.8 Å². The van der Waals surface area contributed by atoms with Crippen LogP contribution >= 0.6 is 0 Å². The minimum absolute atomic E-state index is 0.505. The zero-order valence-electron chi connectivity index (χ0n) is 10.8. The first kappa shape index (κ1) is 12.4. The second kappa shape index (κ2) is 5.49. The maximum Gasteiger partial charge on any atom is 0.227 e. The summed E-state index contributed by atoms with van der Waals surface area (Å²) in [5, 5.41) is 0. The lowest BCUT2D eigenvalue weighted by Gasteiger charge is -2.19. The van der Waals surface area contributed by atoms with E-state index >= 15 is 0 Å². The Bertz CT molecular complexity index is 506. The van der Waals surface area contributed by atoms with E-state index in [1.54, 1.807) is 0 Å². The second-order valence-electron chi connectivity index (χ2n) is 4.02. The number of hydrogen-bond donors (Lipinski definition) is 1. The van der Waals surface area contributed by atoms with Crippen LogP contribution < -0.4 is 10.6 Å². The van der Waals surface area contributed by atoms with Crippen LogP contribution in [0.2, 0.25) is 0 Å². The Morgan fingerprint density at radius 1 is 1.06 bits per heavy atom. The van der Waals surface area contributed by atoms with E-state index in [0.717, 1.165) is 24.3 Å². The number of hydrogen-bond acceptors (Lipinski definition) is 4. The summed E-state index contributed by atoms with van der Waals surface area (Å²) in [6.45, 7) is 5.90.